The summed E-state index contributed by atoms with van der Waals surface area (Å²) >= 11 is 0. The van der Waals surface area contributed by atoms with Gasteiger partial charge in [0.1, 0.15) is 0 Å². The molecule has 0 saturated heterocycles. The maximum Gasteiger partial charge on any atom is 0.317 e. The number of hydrogen-bond acceptors (Lipinski definition) is 2. The fraction of sp³-hybridized carbons (Fsp3) is 0.909. The molecule has 0 aromatic rings. The third-order valence-electron chi connectivity index (χ3n) is 2.80. The minimum atomic E-state index is 0.0293. The molecule has 0 aromatic carbocycles. The lowest BCUT2D eigenvalue weighted by Crippen LogP contribution is -2.43. The number of hydrogen-bond donors (Lipinski definition) is 1. The van der Waals surface area contributed by atoms with E-state index in [1.807, 2.05) is 14.0 Å². The number of carbonyl (C=O) groups is 1. The molecule has 2 amide bonds. The molecule has 1 rings (SSSR count). The zero-order valence-electron chi connectivity index (χ0n) is 9.79. The van der Waals surface area contributed by atoms with Crippen LogP contribution in [0.15, 0.2) is 0 Å². The highest BCUT2D eigenvalue weighted by molar-refractivity contribution is 5.74. The van der Waals surface area contributed by atoms with Crippen molar-refractivity contribution in [1.29, 1.82) is 0 Å². The highest BCUT2D eigenvalue weighted by Gasteiger charge is 2.18. The molecule has 0 unspecified atom stereocenters. The number of carbonyl (C=O) groups excluding carboxylic acids is 1. The summed E-state index contributed by atoms with van der Waals surface area (Å²) < 4.78 is 5.20. The zero-order chi connectivity index (χ0) is 11.1. The number of ether oxygens (including phenoxy) is 1. The molecule has 4 heteroatoms. The SMILES string of the molecule is CCOCCN(C)C(=O)NC1CCCC1. The second-order valence-electron chi connectivity index (χ2n) is 4.05. The normalized spacial score (nSPS) is 16.7. The molecule has 0 heterocycles. The zero-order valence-corrected chi connectivity index (χ0v) is 9.79. The number of likely N-dealkylation sites (N-methyl/N-ethyl adjacent to an activating group) is 1. The quantitative estimate of drug-likeness (QED) is 0.706. The fourth-order valence-corrected chi connectivity index (χ4v) is 1.80. The molecule has 0 aromatic heterocycles. The summed E-state index contributed by atoms with van der Waals surface area (Å²) in [5.41, 5.74) is 0. The number of nitrogens with one attached hydrogen (secondary N) is 1. The molecular formula is C11H22N2O2. The second kappa shape index (κ2) is 6.67. The molecular weight excluding hydrogens is 192 g/mol. The Kier molecular flexibility index (Phi) is 5.47. The Hall–Kier alpha value is -0.770. The largest absolute Gasteiger partial charge is 0.380 e. The Morgan fingerprint density at radius 1 is 1.47 bits per heavy atom. The van der Waals surface area contributed by atoms with Gasteiger partial charge >= 0.3 is 6.03 Å². The van der Waals surface area contributed by atoms with Crippen molar-refractivity contribution < 1.29 is 9.53 Å². The van der Waals surface area contributed by atoms with Crippen LogP contribution < -0.4 is 5.32 Å². The number of nitrogens with zero attached hydrogens (tertiary/aromatic N) is 1. The van der Waals surface area contributed by atoms with Gasteiger partial charge in [0.25, 0.3) is 0 Å². The van der Waals surface area contributed by atoms with Crippen LogP contribution >= 0.6 is 0 Å². The van der Waals surface area contributed by atoms with Gasteiger partial charge in [0.15, 0.2) is 0 Å². The minimum absolute atomic E-state index is 0.0293. The van der Waals surface area contributed by atoms with Crippen LogP contribution in [0.5, 0.6) is 0 Å². The Balaban J connectivity index is 2.14. The smallest absolute Gasteiger partial charge is 0.317 e. The predicted molar refractivity (Wildman–Crippen MR) is 59.9 cm³/mol. The number of amides is 2. The lowest BCUT2D eigenvalue weighted by molar-refractivity contribution is 0.125. The summed E-state index contributed by atoms with van der Waals surface area (Å²) in [6.45, 7) is 3.94. The van der Waals surface area contributed by atoms with Crippen molar-refractivity contribution in [3.8, 4) is 0 Å². The first-order chi connectivity index (χ1) is 7.24. The van der Waals surface area contributed by atoms with E-state index < -0.39 is 0 Å². The van der Waals surface area contributed by atoms with Crippen molar-refractivity contribution in [3.05, 3.63) is 0 Å². The lowest BCUT2D eigenvalue weighted by atomic mass is 10.2. The first kappa shape index (κ1) is 12.3. The maximum atomic E-state index is 11.7. The van der Waals surface area contributed by atoms with E-state index in [4.69, 9.17) is 4.74 Å². The van der Waals surface area contributed by atoms with Crippen LogP contribution in [0.25, 0.3) is 0 Å². The van der Waals surface area contributed by atoms with Gasteiger partial charge in [-0.05, 0) is 19.8 Å². The second-order valence-corrected chi connectivity index (χ2v) is 4.05. The van der Waals surface area contributed by atoms with E-state index >= 15 is 0 Å². The molecule has 4 nitrogen and oxygen atoms in total. The summed E-state index contributed by atoms with van der Waals surface area (Å²) in [4.78, 5) is 13.3. The average molecular weight is 214 g/mol. The van der Waals surface area contributed by atoms with Crippen LogP contribution in [-0.2, 0) is 4.74 Å². The third kappa shape index (κ3) is 4.51. The molecule has 1 saturated carbocycles. The van der Waals surface area contributed by atoms with Crippen molar-refractivity contribution in [2.75, 3.05) is 26.8 Å². The first-order valence-corrected chi connectivity index (χ1v) is 5.83. The molecule has 15 heavy (non-hydrogen) atoms. The van der Waals surface area contributed by atoms with E-state index in [1.165, 1.54) is 12.8 Å². The lowest BCUT2D eigenvalue weighted by Gasteiger charge is -2.20. The van der Waals surface area contributed by atoms with Crippen molar-refractivity contribution in [3.63, 3.8) is 0 Å². The van der Waals surface area contributed by atoms with Gasteiger partial charge in [-0.15, -0.1) is 0 Å². The maximum absolute atomic E-state index is 11.7. The van der Waals surface area contributed by atoms with Crippen LogP contribution in [0.4, 0.5) is 4.79 Å². The Labute approximate surface area is 92.0 Å². The molecule has 1 aliphatic rings. The Morgan fingerprint density at radius 3 is 2.73 bits per heavy atom. The molecule has 0 radical (unpaired) electrons. The van der Waals surface area contributed by atoms with E-state index in [9.17, 15) is 4.79 Å². The van der Waals surface area contributed by atoms with Gasteiger partial charge in [-0.25, -0.2) is 4.79 Å². The summed E-state index contributed by atoms with van der Waals surface area (Å²) in [5, 5.41) is 3.04. The van der Waals surface area contributed by atoms with Crippen LogP contribution in [0.3, 0.4) is 0 Å². The van der Waals surface area contributed by atoms with Gasteiger partial charge in [-0.2, -0.15) is 0 Å². The van der Waals surface area contributed by atoms with Gasteiger partial charge in [-0.3, -0.25) is 0 Å². The van der Waals surface area contributed by atoms with Crippen molar-refractivity contribution in [2.45, 2.75) is 38.6 Å². The fourth-order valence-electron chi connectivity index (χ4n) is 1.80. The van der Waals surface area contributed by atoms with E-state index in [2.05, 4.69) is 5.32 Å². The molecule has 0 atom stereocenters. The number of urea groups is 1. The summed E-state index contributed by atoms with van der Waals surface area (Å²) in [6.07, 6.45) is 4.75. The summed E-state index contributed by atoms with van der Waals surface area (Å²) in [5.74, 6) is 0. The van der Waals surface area contributed by atoms with Gasteiger partial charge in [0, 0.05) is 26.2 Å². The summed E-state index contributed by atoms with van der Waals surface area (Å²) in [7, 11) is 1.81. The Bertz CT molecular complexity index is 191. The van der Waals surface area contributed by atoms with Crippen LogP contribution in [0.1, 0.15) is 32.6 Å². The van der Waals surface area contributed by atoms with Gasteiger partial charge in [0.2, 0.25) is 0 Å². The van der Waals surface area contributed by atoms with E-state index in [-0.39, 0.29) is 6.03 Å². The molecule has 0 bridgehead atoms. The van der Waals surface area contributed by atoms with Gasteiger partial charge in [-0.1, -0.05) is 12.8 Å². The average Bonchev–Trinajstić information content (AvgIpc) is 2.70. The molecule has 1 fully saturated rings. The predicted octanol–water partition coefficient (Wildman–Crippen LogP) is 1.61. The third-order valence-corrected chi connectivity index (χ3v) is 2.80. The highest BCUT2D eigenvalue weighted by atomic mass is 16.5. The van der Waals surface area contributed by atoms with Gasteiger partial charge in [0.05, 0.1) is 6.61 Å². The van der Waals surface area contributed by atoms with Crippen LogP contribution in [-0.4, -0.2) is 43.8 Å². The summed E-state index contributed by atoms with van der Waals surface area (Å²) in [6, 6.07) is 0.425. The monoisotopic (exact) mass is 214 g/mol. The van der Waals surface area contributed by atoms with Gasteiger partial charge < -0.3 is 15.0 Å². The molecule has 0 aliphatic heterocycles. The van der Waals surface area contributed by atoms with Crippen molar-refractivity contribution >= 4 is 6.03 Å². The van der Waals surface area contributed by atoms with Crippen LogP contribution in [0, 0.1) is 0 Å². The standard InChI is InChI=1S/C11H22N2O2/c1-3-15-9-8-13(2)11(14)12-10-6-4-5-7-10/h10H,3-9H2,1-2H3,(H,12,14). The highest BCUT2D eigenvalue weighted by Crippen LogP contribution is 2.17. The molecule has 88 valence electrons. The minimum Gasteiger partial charge on any atom is -0.380 e. The molecule has 0 spiro atoms. The van der Waals surface area contributed by atoms with Crippen molar-refractivity contribution in [1.82, 2.24) is 10.2 Å². The van der Waals surface area contributed by atoms with Crippen molar-refractivity contribution in [2.24, 2.45) is 0 Å². The molecule has 1 N–H and O–H groups in total. The topological polar surface area (TPSA) is 41.6 Å². The number of rotatable bonds is 5. The molecule has 1 aliphatic carbocycles. The van der Waals surface area contributed by atoms with E-state index in [1.54, 1.807) is 4.90 Å². The van der Waals surface area contributed by atoms with E-state index in [0.29, 0.717) is 25.8 Å². The van der Waals surface area contributed by atoms with E-state index in [0.717, 1.165) is 12.8 Å². The first-order valence-electron chi connectivity index (χ1n) is 5.83. The van der Waals surface area contributed by atoms with Crippen LogP contribution in [0.2, 0.25) is 0 Å². The Morgan fingerprint density at radius 2 is 2.13 bits per heavy atom.